The quantitative estimate of drug-likeness (QED) is 0.472. The standard InChI is InChI=1S/C5H8INO/c6-7-1-3-4(2-7)5(3)8/h3-5,8H,1-2H2. The van der Waals surface area contributed by atoms with Crippen molar-refractivity contribution < 1.29 is 5.11 Å². The van der Waals surface area contributed by atoms with Crippen LogP contribution < -0.4 is 0 Å². The van der Waals surface area contributed by atoms with E-state index >= 15 is 0 Å². The fraction of sp³-hybridized carbons (Fsp3) is 1.00. The summed E-state index contributed by atoms with van der Waals surface area (Å²) in [5.74, 6) is 1.26. The van der Waals surface area contributed by atoms with Crippen molar-refractivity contribution in [1.29, 1.82) is 0 Å². The Bertz CT molecular complexity index is 107. The van der Waals surface area contributed by atoms with E-state index in [1.165, 1.54) is 0 Å². The fourth-order valence-corrected chi connectivity index (χ4v) is 2.35. The molecule has 8 heavy (non-hydrogen) atoms. The van der Waals surface area contributed by atoms with Crippen LogP contribution in [0, 0.1) is 11.8 Å². The van der Waals surface area contributed by atoms with Crippen molar-refractivity contribution in [1.82, 2.24) is 3.11 Å². The maximum atomic E-state index is 9.03. The van der Waals surface area contributed by atoms with Crippen molar-refractivity contribution in [2.24, 2.45) is 11.8 Å². The molecule has 0 amide bonds. The molecule has 1 N–H and O–H groups in total. The van der Waals surface area contributed by atoms with Gasteiger partial charge in [-0.15, -0.1) is 0 Å². The summed E-state index contributed by atoms with van der Waals surface area (Å²) in [6.07, 6.45) is 0.0565. The van der Waals surface area contributed by atoms with Crippen molar-refractivity contribution in [3.8, 4) is 0 Å². The summed E-state index contributed by atoms with van der Waals surface area (Å²) >= 11 is 2.31. The van der Waals surface area contributed by atoms with Crippen LogP contribution in [0.25, 0.3) is 0 Å². The Morgan fingerprint density at radius 1 is 1.38 bits per heavy atom. The SMILES string of the molecule is OC1C2CN(I)CC12. The number of hydrogen-bond acceptors (Lipinski definition) is 2. The Labute approximate surface area is 62.4 Å². The largest absolute Gasteiger partial charge is 0.392 e. The molecule has 1 saturated heterocycles. The zero-order valence-corrected chi connectivity index (χ0v) is 6.58. The van der Waals surface area contributed by atoms with Gasteiger partial charge >= 0.3 is 0 Å². The summed E-state index contributed by atoms with van der Waals surface area (Å²) in [6, 6.07) is 0. The molecule has 1 heterocycles. The van der Waals surface area contributed by atoms with Crippen molar-refractivity contribution in [3.05, 3.63) is 0 Å². The molecule has 0 radical (unpaired) electrons. The first kappa shape index (κ1) is 5.44. The summed E-state index contributed by atoms with van der Waals surface area (Å²) in [4.78, 5) is 0. The van der Waals surface area contributed by atoms with Crippen LogP contribution in [-0.2, 0) is 0 Å². The minimum absolute atomic E-state index is 0.0565. The highest BCUT2D eigenvalue weighted by atomic mass is 127. The van der Waals surface area contributed by atoms with Crippen LogP contribution in [0.1, 0.15) is 0 Å². The van der Waals surface area contributed by atoms with Gasteiger partial charge in [0.15, 0.2) is 0 Å². The van der Waals surface area contributed by atoms with Crippen molar-refractivity contribution in [2.75, 3.05) is 13.1 Å². The van der Waals surface area contributed by atoms with Gasteiger partial charge in [-0.3, -0.25) is 0 Å². The first-order valence-electron chi connectivity index (χ1n) is 2.88. The van der Waals surface area contributed by atoms with Crippen molar-refractivity contribution >= 4 is 22.9 Å². The second-order valence-corrected chi connectivity index (χ2v) is 4.01. The smallest absolute Gasteiger partial charge is 0.0629 e. The molecular formula is C5H8INO. The number of halogens is 1. The average molecular weight is 225 g/mol. The third-order valence-corrected chi connectivity index (χ3v) is 2.89. The van der Waals surface area contributed by atoms with E-state index in [2.05, 4.69) is 26.0 Å². The molecule has 2 atom stereocenters. The molecule has 3 heteroatoms. The number of aliphatic hydroxyl groups is 1. The maximum Gasteiger partial charge on any atom is 0.0629 e. The minimum atomic E-state index is 0.0565. The van der Waals surface area contributed by atoms with Gasteiger partial charge < -0.3 is 5.11 Å². The van der Waals surface area contributed by atoms with Gasteiger partial charge in [-0.05, 0) is 0 Å². The lowest BCUT2D eigenvalue weighted by molar-refractivity contribution is 0.226. The van der Waals surface area contributed by atoms with E-state index < -0.39 is 0 Å². The molecule has 0 spiro atoms. The Morgan fingerprint density at radius 3 is 2.25 bits per heavy atom. The molecule has 2 aliphatic rings. The van der Waals surface area contributed by atoms with E-state index in [-0.39, 0.29) is 6.10 Å². The van der Waals surface area contributed by atoms with Crippen molar-refractivity contribution in [3.63, 3.8) is 0 Å². The monoisotopic (exact) mass is 225 g/mol. The molecule has 2 nitrogen and oxygen atoms in total. The van der Waals surface area contributed by atoms with E-state index in [0.717, 1.165) is 13.1 Å². The molecule has 0 aromatic carbocycles. The molecule has 0 aromatic rings. The Morgan fingerprint density at radius 2 is 1.88 bits per heavy atom. The van der Waals surface area contributed by atoms with Crippen LogP contribution in [0.4, 0.5) is 0 Å². The number of aliphatic hydroxyl groups excluding tert-OH is 1. The topological polar surface area (TPSA) is 23.5 Å². The Balaban J connectivity index is 2.00. The zero-order valence-electron chi connectivity index (χ0n) is 4.42. The molecule has 0 aromatic heterocycles. The van der Waals surface area contributed by atoms with Crippen LogP contribution in [0.5, 0.6) is 0 Å². The van der Waals surface area contributed by atoms with E-state index in [9.17, 15) is 0 Å². The second-order valence-electron chi connectivity index (χ2n) is 2.65. The van der Waals surface area contributed by atoms with Gasteiger partial charge in [0, 0.05) is 47.8 Å². The van der Waals surface area contributed by atoms with Gasteiger partial charge in [-0.2, -0.15) is 0 Å². The predicted molar refractivity (Wildman–Crippen MR) is 38.6 cm³/mol. The molecule has 2 fully saturated rings. The minimum Gasteiger partial charge on any atom is -0.392 e. The van der Waals surface area contributed by atoms with Gasteiger partial charge in [0.25, 0.3) is 0 Å². The highest BCUT2D eigenvalue weighted by molar-refractivity contribution is 14.1. The van der Waals surface area contributed by atoms with Crippen LogP contribution >= 0.6 is 22.9 Å². The Hall–Kier alpha value is 0.650. The average Bonchev–Trinajstić information content (AvgIpc) is 2.29. The molecule has 0 bridgehead atoms. The normalized spacial score (nSPS) is 54.0. The number of hydrogen-bond donors (Lipinski definition) is 1. The fourth-order valence-electron chi connectivity index (χ4n) is 1.44. The lowest BCUT2D eigenvalue weighted by Crippen LogP contribution is -2.14. The summed E-state index contributed by atoms with van der Waals surface area (Å²) < 4.78 is 2.25. The zero-order chi connectivity index (χ0) is 5.72. The van der Waals surface area contributed by atoms with Gasteiger partial charge in [0.1, 0.15) is 0 Å². The highest BCUT2D eigenvalue weighted by Gasteiger charge is 2.54. The molecule has 2 rings (SSSR count). The maximum absolute atomic E-state index is 9.03. The van der Waals surface area contributed by atoms with E-state index in [0.29, 0.717) is 11.8 Å². The molecule has 1 saturated carbocycles. The molecule has 2 unspecified atom stereocenters. The lowest BCUT2D eigenvalue weighted by atomic mass is 10.4. The first-order valence-corrected chi connectivity index (χ1v) is 3.84. The summed E-state index contributed by atoms with van der Waals surface area (Å²) in [7, 11) is 0. The van der Waals surface area contributed by atoms with Crippen LogP contribution in [0.15, 0.2) is 0 Å². The van der Waals surface area contributed by atoms with Crippen LogP contribution in [0.3, 0.4) is 0 Å². The first-order chi connectivity index (χ1) is 3.79. The molecular weight excluding hydrogens is 217 g/mol. The van der Waals surface area contributed by atoms with Crippen LogP contribution in [-0.4, -0.2) is 27.4 Å². The number of piperidine rings is 1. The molecule has 1 aliphatic carbocycles. The van der Waals surface area contributed by atoms with Gasteiger partial charge in [-0.25, -0.2) is 3.11 Å². The summed E-state index contributed by atoms with van der Waals surface area (Å²) in [5.41, 5.74) is 0. The third kappa shape index (κ3) is 0.610. The van der Waals surface area contributed by atoms with Crippen molar-refractivity contribution in [2.45, 2.75) is 6.10 Å². The lowest BCUT2D eigenvalue weighted by Gasteiger charge is -2.06. The second kappa shape index (κ2) is 1.58. The third-order valence-electron chi connectivity index (χ3n) is 2.10. The summed E-state index contributed by atoms with van der Waals surface area (Å²) in [6.45, 7) is 2.21. The number of nitrogens with zero attached hydrogens (tertiary/aromatic N) is 1. The highest BCUT2D eigenvalue weighted by Crippen LogP contribution is 2.46. The summed E-state index contributed by atoms with van der Waals surface area (Å²) in [5, 5.41) is 9.03. The van der Waals surface area contributed by atoms with Crippen LogP contribution in [0.2, 0.25) is 0 Å². The Kier molecular flexibility index (Phi) is 1.07. The van der Waals surface area contributed by atoms with Gasteiger partial charge in [0.05, 0.1) is 6.10 Å². The van der Waals surface area contributed by atoms with Gasteiger partial charge in [-0.1, -0.05) is 0 Å². The molecule has 46 valence electrons. The number of fused-ring (bicyclic) bond motifs is 1. The number of rotatable bonds is 0. The van der Waals surface area contributed by atoms with E-state index in [4.69, 9.17) is 5.11 Å². The van der Waals surface area contributed by atoms with E-state index in [1.54, 1.807) is 0 Å². The predicted octanol–water partition coefficient (Wildman–Crippen LogP) is 0.259. The van der Waals surface area contributed by atoms with E-state index in [1.807, 2.05) is 0 Å². The van der Waals surface area contributed by atoms with Gasteiger partial charge in [0.2, 0.25) is 0 Å². The molecule has 1 aliphatic heterocycles.